The van der Waals surface area contributed by atoms with E-state index in [0.29, 0.717) is 14.8 Å². The van der Waals surface area contributed by atoms with Crippen molar-refractivity contribution in [2.45, 2.75) is 4.90 Å². The Kier molecular flexibility index (Phi) is 3.53. The maximum absolute atomic E-state index is 11.8. The number of halogens is 1. The van der Waals surface area contributed by atoms with Crippen LogP contribution in [0.15, 0.2) is 40.6 Å². The van der Waals surface area contributed by atoms with E-state index in [1.54, 1.807) is 30.3 Å². The average Bonchev–Trinajstić information content (AvgIpc) is 2.68. The van der Waals surface area contributed by atoms with Crippen molar-refractivity contribution < 1.29 is 4.79 Å². The number of benzene rings is 1. The predicted molar refractivity (Wildman–Crippen MR) is 71.0 cm³/mol. The van der Waals surface area contributed by atoms with Gasteiger partial charge in [-0.1, -0.05) is 11.6 Å². The Morgan fingerprint density at radius 2 is 1.94 bits per heavy atom. The third-order valence-corrected chi connectivity index (χ3v) is 3.64. The van der Waals surface area contributed by atoms with Gasteiger partial charge in [-0.05, 0) is 35.7 Å². The molecular weight excluding hydrogens is 262 g/mol. The van der Waals surface area contributed by atoms with Crippen molar-refractivity contribution in [1.29, 1.82) is 0 Å². The topological polar surface area (TPSA) is 29.1 Å². The molecule has 1 aromatic carbocycles. The molecule has 0 radical (unpaired) electrons. The Balaban J connectivity index is 2.14. The van der Waals surface area contributed by atoms with Crippen LogP contribution in [-0.2, 0) is 0 Å². The number of carbonyl (C=O) groups is 1. The standard InChI is InChI=1S/C11H8ClNOS2/c12-7-1-3-8(4-2-7)13-11(14)10-9(15)5-6-16-10/h1-6,15H,(H,13,14). The zero-order valence-electron chi connectivity index (χ0n) is 8.11. The van der Waals surface area contributed by atoms with Crippen LogP contribution < -0.4 is 5.32 Å². The third kappa shape index (κ3) is 2.58. The number of thiophene rings is 1. The minimum atomic E-state index is -0.151. The zero-order chi connectivity index (χ0) is 11.5. The smallest absolute Gasteiger partial charge is 0.266 e. The van der Waals surface area contributed by atoms with E-state index in [2.05, 4.69) is 17.9 Å². The normalized spacial score (nSPS) is 10.1. The Bertz CT molecular complexity index is 507. The molecule has 0 spiro atoms. The molecule has 0 fully saturated rings. The molecule has 2 nitrogen and oxygen atoms in total. The molecule has 2 aromatic rings. The summed E-state index contributed by atoms with van der Waals surface area (Å²) in [4.78, 5) is 13.1. The van der Waals surface area contributed by atoms with Gasteiger partial charge in [0.25, 0.3) is 5.91 Å². The first-order chi connectivity index (χ1) is 7.66. The maximum atomic E-state index is 11.8. The minimum absolute atomic E-state index is 0.151. The van der Waals surface area contributed by atoms with Gasteiger partial charge >= 0.3 is 0 Å². The van der Waals surface area contributed by atoms with Crippen molar-refractivity contribution in [1.82, 2.24) is 0 Å². The second-order valence-electron chi connectivity index (χ2n) is 3.10. The van der Waals surface area contributed by atoms with Gasteiger partial charge in [-0.15, -0.1) is 24.0 Å². The zero-order valence-corrected chi connectivity index (χ0v) is 10.6. The molecule has 1 amide bonds. The van der Waals surface area contributed by atoms with Crippen molar-refractivity contribution in [2.75, 3.05) is 5.32 Å². The van der Waals surface area contributed by atoms with E-state index in [1.165, 1.54) is 11.3 Å². The highest BCUT2D eigenvalue weighted by atomic mass is 35.5. The summed E-state index contributed by atoms with van der Waals surface area (Å²) in [5.41, 5.74) is 0.718. The van der Waals surface area contributed by atoms with Gasteiger partial charge < -0.3 is 5.32 Å². The number of carbonyl (C=O) groups excluding carboxylic acids is 1. The molecular formula is C11H8ClNOS2. The predicted octanol–water partition coefficient (Wildman–Crippen LogP) is 3.94. The molecule has 0 bridgehead atoms. The van der Waals surface area contributed by atoms with Gasteiger partial charge in [-0.3, -0.25) is 4.79 Å². The lowest BCUT2D eigenvalue weighted by Crippen LogP contribution is -2.10. The Hall–Kier alpha value is -0.970. The molecule has 82 valence electrons. The Morgan fingerprint density at radius 3 is 2.50 bits per heavy atom. The van der Waals surface area contributed by atoms with Gasteiger partial charge in [0, 0.05) is 15.6 Å². The summed E-state index contributed by atoms with van der Waals surface area (Å²) in [6.45, 7) is 0. The van der Waals surface area contributed by atoms with E-state index < -0.39 is 0 Å². The quantitative estimate of drug-likeness (QED) is 0.795. The number of hydrogen-bond acceptors (Lipinski definition) is 3. The van der Waals surface area contributed by atoms with Crippen molar-refractivity contribution >= 4 is 47.2 Å². The molecule has 0 unspecified atom stereocenters. The molecule has 0 saturated heterocycles. The fraction of sp³-hybridized carbons (Fsp3) is 0. The van der Waals surface area contributed by atoms with Crippen LogP contribution in [0.25, 0.3) is 0 Å². The highest BCUT2D eigenvalue weighted by Crippen LogP contribution is 2.22. The highest BCUT2D eigenvalue weighted by molar-refractivity contribution is 7.80. The lowest BCUT2D eigenvalue weighted by atomic mass is 10.3. The molecule has 0 saturated carbocycles. The number of anilines is 1. The van der Waals surface area contributed by atoms with E-state index in [-0.39, 0.29) is 5.91 Å². The van der Waals surface area contributed by atoms with Crippen molar-refractivity contribution in [2.24, 2.45) is 0 Å². The highest BCUT2D eigenvalue weighted by Gasteiger charge is 2.10. The number of rotatable bonds is 2. The first kappa shape index (κ1) is 11.5. The SMILES string of the molecule is O=C(Nc1ccc(Cl)cc1)c1sccc1S. The summed E-state index contributed by atoms with van der Waals surface area (Å²) in [5, 5.41) is 5.25. The lowest BCUT2D eigenvalue weighted by molar-refractivity contribution is 0.102. The van der Waals surface area contributed by atoms with Gasteiger partial charge in [0.2, 0.25) is 0 Å². The van der Waals surface area contributed by atoms with Crippen LogP contribution in [0.1, 0.15) is 9.67 Å². The van der Waals surface area contributed by atoms with Crippen LogP contribution in [0, 0.1) is 0 Å². The molecule has 1 aromatic heterocycles. The van der Waals surface area contributed by atoms with Gasteiger partial charge in [0.15, 0.2) is 0 Å². The second kappa shape index (κ2) is 4.91. The molecule has 0 aliphatic carbocycles. The molecule has 1 N–H and O–H groups in total. The van der Waals surface area contributed by atoms with E-state index in [4.69, 9.17) is 11.6 Å². The van der Waals surface area contributed by atoms with Gasteiger partial charge in [-0.2, -0.15) is 0 Å². The van der Waals surface area contributed by atoms with Crippen LogP contribution in [0.2, 0.25) is 5.02 Å². The largest absolute Gasteiger partial charge is 0.321 e. The fourth-order valence-corrected chi connectivity index (χ4v) is 2.44. The summed E-state index contributed by atoms with van der Waals surface area (Å²) in [6.07, 6.45) is 0. The Labute approximate surface area is 108 Å². The van der Waals surface area contributed by atoms with E-state index in [0.717, 1.165) is 5.69 Å². The van der Waals surface area contributed by atoms with Gasteiger partial charge in [0.1, 0.15) is 4.88 Å². The van der Waals surface area contributed by atoms with E-state index in [9.17, 15) is 4.79 Å². The van der Waals surface area contributed by atoms with Crippen LogP contribution in [0.4, 0.5) is 5.69 Å². The maximum Gasteiger partial charge on any atom is 0.266 e. The minimum Gasteiger partial charge on any atom is -0.321 e. The van der Waals surface area contributed by atoms with Gasteiger partial charge in [0.05, 0.1) is 0 Å². The summed E-state index contributed by atoms with van der Waals surface area (Å²) in [7, 11) is 0. The second-order valence-corrected chi connectivity index (χ2v) is 4.93. The summed E-state index contributed by atoms with van der Waals surface area (Å²) < 4.78 is 0. The van der Waals surface area contributed by atoms with Crippen LogP contribution in [0.5, 0.6) is 0 Å². The number of thiol groups is 1. The number of hydrogen-bond donors (Lipinski definition) is 2. The van der Waals surface area contributed by atoms with Crippen LogP contribution >= 0.6 is 35.6 Å². The molecule has 0 aliphatic rings. The molecule has 0 aliphatic heterocycles. The molecule has 0 atom stereocenters. The van der Waals surface area contributed by atoms with Gasteiger partial charge in [-0.25, -0.2) is 0 Å². The van der Waals surface area contributed by atoms with Crippen molar-refractivity contribution in [3.8, 4) is 0 Å². The fourth-order valence-electron chi connectivity index (χ4n) is 1.19. The monoisotopic (exact) mass is 269 g/mol. The third-order valence-electron chi connectivity index (χ3n) is 1.95. The molecule has 1 heterocycles. The summed E-state index contributed by atoms with van der Waals surface area (Å²) in [5.74, 6) is -0.151. The first-order valence-electron chi connectivity index (χ1n) is 4.50. The number of amides is 1. The van der Waals surface area contributed by atoms with Crippen LogP contribution in [0.3, 0.4) is 0 Å². The van der Waals surface area contributed by atoms with Crippen LogP contribution in [-0.4, -0.2) is 5.91 Å². The lowest BCUT2D eigenvalue weighted by Gasteiger charge is -2.03. The number of nitrogens with one attached hydrogen (secondary N) is 1. The molecule has 2 rings (SSSR count). The molecule has 5 heteroatoms. The molecule has 16 heavy (non-hydrogen) atoms. The van der Waals surface area contributed by atoms with Crippen molar-refractivity contribution in [3.63, 3.8) is 0 Å². The average molecular weight is 270 g/mol. The van der Waals surface area contributed by atoms with Crippen molar-refractivity contribution in [3.05, 3.63) is 45.6 Å². The summed E-state index contributed by atoms with van der Waals surface area (Å²) in [6, 6.07) is 8.77. The van der Waals surface area contributed by atoms with E-state index in [1.807, 2.05) is 5.38 Å². The summed E-state index contributed by atoms with van der Waals surface area (Å²) >= 11 is 11.3. The Morgan fingerprint density at radius 1 is 1.25 bits per heavy atom. The van der Waals surface area contributed by atoms with E-state index >= 15 is 0 Å². The first-order valence-corrected chi connectivity index (χ1v) is 6.20.